The van der Waals surface area contributed by atoms with E-state index in [1.807, 2.05) is 23.1 Å². The Morgan fingerprint density at radius 2 is 1.89 bits per heavy atom. The molecule has 28 heavy (non-hydrogen) atoms. The van der Waals surface area contributed by atoms with E-state index >= 15 is 0 Å². The van der Waals surface area contributed by atoms with E-state index in [2.05, 4.69) is 30.7 Å². The predicted octanol–water partition coefficient (Wildman–Crippen LogP) is 2.37. The second-order valence-corrected chi connectivity index (χ2v) is 8.37. The number of pyridine rings is 1. The van der Waals surface area contributed by atoms with Crippen LogP contribution in [0.4, 0.5) is 4.79 Å². The molecule has 1 spiro atoms. The van der Waals surface area contributed by atoms with Crippen LogP contribution in [0.25, 0.3) is 0 Å². The topological polar surface area (TPSA) is 66.0 Å². The van der Waals surface area contributed by atoms with Gasteiger partial charge in [0.1, 0.15) is 5.54 Å². The summed E-state index contributed by atoms with van der Waals surface area (Å²) in [6.07, 6.45) is 3.02. The van der Waals surface area contributed by atoms with E-state index in [9.17, 15) is 9.59 Å². The highest BCUT2D eigenvalue weighted by atomic mass is 16.5. The zero-order valence-electron chi connectivity index (χ0n) is 17.4. The number of imide groups is 1. The zero-order valence-corrected chi connectivity index (χ0v) is 17.4. The van der Waals surface area contributed by atoms with Crippen molar-refractivity contribution in [3.8, 4) is 0 Å². The van der Waals surface area contributed by atoms with Crippen LogP contribution >= 0.6 is 0 Å². The van der Waals surface area contributed by atoms with Crippen LogP contribution < -0.4 is 0 Å². The van der Waals surface area contributed by atoms with Crippen LogP contribution in [0.2, 0.25) is 0 Å². The summed E-state index contributed by atoms with van der Waals surface area (Å²) in [6, 6.07) is 5.69. The number of rotatable bonds is 7. The second-order valence-electron chi connectivity index (χ2n) is 8.37. The summed E-state index contributed by atoms with van der Waals surface area (Å²) in [7, 11) is 1.71. The zero-order chi connectivity index (χ0) is 20.3. The molecule has 0 radical (unpaired) electrons. The van der Waals surface area contributed by atoms with Crippen LogP contribution in [0, 0.1) is 5.92 Å². The van der Waals surface area contributed by atoms with E-state index in [4.69, 9.17) is 4.74 Å². The van der Waals surface area contributed by atoms with E-state index < -0.39 is 5.54 Å². The van der Waals surface area contributed by atoms with Crippen molar-refractivity contribution in [1.29, 1.82) is 0 Å². The van der Waals surface area contributed by atoms with Crippen LogP contribution in [-0.2, 0) is 16.1 Å². The molecular weight excluding hydrogens is 356 g/mol. The van der Waals surface area contributed by atoms with Crippen molar-refractivity contribution in [2.75, 3.05) is 33.4 Å². The van der Waals surface area contributed by atoms with Crippen LogP contribution in [-0.4, -0.2) is 76.6 Å². The fourth-order valence-electron chi connectivity index (χ4n) is 4.36. The number of hydrogen-bond acceptors (Lipinski definition) is 5. The molecule has 2 saturated heterocycles. The van der Waals surface area contributed by atoms with Gasteiger partial charge in [-0.3, -0.25) is 19.6 Å². The number of methoxy groups -OCH3 is 1. The van der Waals surface area contributed by atoms with Crippen molar-refractivity contribution in [3.63, 3.8) is 0 Å². The van der Waals surface area contributed by atoms with Gasteiger partial charge in [-0.05, 0) is 37.8 Å². The summed E-state index contributed by atoms with van der Waals surface area (Å²) < 4.78 is 5.28. The molecule has 154 valence electrons. The van der Waals surface area contributed by atoms with Gasteiger partial charge in [0.2, 0.25) is 0 Å². The molecule has 7 heteroatoms. The minimum absolute atomic E-state index is 0.0668. The lowest BCUT2D eigenvalue weighted by Crippen LogP contribution is -2.58. The molecule has 0 bridgehead atoms. The van der Waals surface area contributed by atoms with Gasteiger partial charge in [0, 0.05) is 39.0 Å². The van der Waals surface area contributed by atoms with Crippen molar-refractivity contribution in [3.05, 3.63) is 30.1 Å². The minimum atomic E-state index is -0.723. The smallest absolute Gasteiger partial charge is 0.328 e. The normalized spacial score (nSPS) is 21.2. The van der Waals surface area contributed by atoms with Gasteiger partial charge in [-0.15, -0.1) is 0 Å². The number of hydrogen-bond donors (Lipinski definition) is 0. The first-order valence-electron chi connectivity index (χ1n) is 10.2. The molecule has 0 unspecified atom stereocenters. The van der Waals surface area contributed by atoms with E-state index in [0.717, 1.165) is 18.8 Å². The van der Waals surface area contributed by atoms with Gasteiger partial charge in [-0.1, -0.05) is 19.9 Å². The number of aromatic nitrogens is 1. The molecule has 2 aliphatic heterocycles. The summed E-state index contributed by atoms with van der Waals surface area (Å²) in [5.74, 6) is 0.233. The van der Waals surface area contributed by atoms with Crippen molar-refractivity contribution >= 4 is 11.9 Å². The molecule has 7 nitrogen and oxygen atoms in total. The molecule has 3 amide bonds. The Balaban J connectivity index is 1.82. The summed E-state index contributed by atoms with van der Waals surface area (Å²) in [6.45, 7) is 9.38. The number of amides is 3. The SMILES string of the molecule is COC[C@H](C)N1CCC2(CC1)C(=O)N(Cc1ccccn1)C(=O)N2CC(C)C. The Morgan fingerprint density at radius 1 is 1.18 bits per heavy atom. The molecule has 0 aliphatic carbocycles. The van der Waals surface area contributed by atoms with E-state index in [1.165, 1.54) is 4.90 Å². The summed E-state index contributed by atoms with van der Waals surface area (Å²) in [4.78, 5) is 36.6. The molecule has 1 aromatic rings. The highest BCUT2D eigenvalue weighted by Crippen LogP contribution is 2.38. The van der Waals surface area contributed by atoms with Crippen molar-refractivity contribution in [1.82, 2.24) is 19.7 Å². The number of urea groups is 1. The minimum Gasteiger partial charge on any atom is -0.383 e. The van der Waals surface area contributed by atoms with Crippen LogP contribution in [0.1, 0.15) is 39.3 Å². The Kier molecular flexibility index (Phi) is 6.35. The first-order chi connectivity index (χ1) is 13.4. The number of carbonyl (C=O) groups excluding carboxylic acids is 2. The maximum absolute atomic E-state index is 13.5. The van der Waals surface area contributed by atoms with Gasteiger partial charge in [0.15, 0.2) is 0 Å². The molecule has 3 heterocycles. The quantitative estimate of drug-likeness (QED) is 0.671. The van der Waals surface area contributed by atoms with Crippen molar-refractivity contribution in [2.45, 2.75) is 51.7 Å². The maximum Gasteiger partial charge on any atom is 0.328 e. The highest BCUT2D eigenvalue weighted by Gasteiger charge is 2.58. The van der Waals surface area contributed by atoms with E-state index in [0.29, 0.717) is 38.0 Å². The predicted molar refractivity (Wildman–Crippen MR) is 107 cm³/mol. The first-order valence-corrected chi connectivity index (χ1v) is 10.2. The van der Waals surface area contributed by atoms with Gasteiger partial charge in [-0.25, -0.2) is 4.79 Å². The number of likely N-dealkylation sites (tertiary alicyclic amines) is 1. The van der Waals surface area contributed by atoms with Crippen LogP contribution in [0.15, 0.2) is 24.4 Å². The summed E-state index contributed by atoms with van der Waals surface area (Å²) in [5, 5.41) is 0. The Hall–Kier alpha value is -1.99. The third-order valence-electron chi connectivity index (χ3n) is 5.87. The lowest BCUT2D eigenvalue weighted by Gasteiger charge is -2.44. The largest absolute Gasteiger partial charge is 0.383 e. The van der Waals surface area contributed by atoms with E-state index in [-0.39, 0.29) is 18.5 Å². The lowest BCUT2D eigenvalue weighted by atomic mass is 9.85. The molecular formula is C21H32N4O3. The van der Waals surface area contributed by atoms with Gasteiger partial charge in [0.25, 0.3) is 5.91 Å². The molecule has 0 N–H and O–H groups in total. The van der Waals surface area contributed by atoms with Gasteiger partial charge >= 0.3 is 6.03 Å². The fourth-order valence-corrected chi connectivity index (χ4v) is 4.36. The maximum atomic E-state index is 13.5. The Morgan fingerprint density at radius 3 is 2.46 bits per heavy atom. The Bertz CT molecular complexity index is 686. The number of piperidine rings is 1. The molecule has 3 rings (SSSR count). The second kappa shape index (κ2) is 8.57. The third kappa shape index (κ3) is 3.91. The monoisotopic (exact) mass is 388 g/mol. The van der Waals surface area contributed by atoms with Crippen molar-refractivity contribution < 1.29 is 14.3 Å². The fraction of sp³-hybridized carbons (Fsp3) is 0.667. The molecule has 0 saturated carbocycles. The lowest BCUT2D eigenvalue weighted by molar-refractivity contribution is -0.136. The third-order valence-corrected chi connectivity index (χ3v) is 5.87. The molecule has 2 aliphatic rings. The van der Waals surface area contributed by atoms with Gasteiger partial charge in [0.05, 0.1) is 18.8 Å². The van der Waals surface area contributed by atoms with Gasteiger partial charge < -0.3 is 9.64 Å². The molecule has 2 fully saturated rings. The van der Waals surface area contributed by atoms with Crippen LogP contribution in [0.5, 0.6) is 0 Å². The average Bonchev–Trinajstić information content (AvgIpc) is 2.86. The Labute approximate surface area is 167 Å². The number of nitrogens with zero attached hydrogens (tertiary/aromatic N) is 4. The number of ether oxygens (including phenoxy) is 1. The molecule has 0 aromatic carbocycles. The summed E-state index contributed by atoms with van der Waals surface area (Å²) >= 11 is 0. The summed E-state index contributed by atoms with van der Waals surface area (Å²) in [5.41, 5.74) is 0.0104. The molecule has 1 atom stereocenters. The average molecular weight is 389 g/mol. The van der Waals surface area contributed by atoms with Gasteiger partial charge in [-0.2, -0.15) is 0 Å². The number of carbonyl (C=O) groups is 2. The molecule has 1 aromatic heterocycles. The van der Waals surface area contributed by atoms with Crippen molar-refractivity contribution in [2.24, 2.45) is 5.92 Å². The first kappa shape index (κ1) is 20.7. The highest BCUT2D eigenvalue weighted by molar-refractivity contribution is 6.07. The van der Waals surface area contributed by atoms with E-state index in [1.54, 1.807) is 13.3 Å². The van der Waals surface area contributed by atoms with Crippen LogP contribution in [0.3, 0.4) is 0 Å². The standard InChI is InChI=1S/C21H32N4O3/c1-16(2)13-25-20(27)24(14-18-7-5-6-10-22-18)19(26)21(25)8-11-23(12-9-21)17(3)15-28-4/h5-7,10,16-17H,8-9,11-15H2,1-4H3/t17-/m0/s1.